The summed E-state index contributed by atoms with van der Waals surface area (Å²) in [6, 6.07) is 75.1. The average Bonchev–Trinajstić information content (AvgIpc) is 4.15. The van der Waals surface area contributed by atoms with Gasteiger partial charge in [-0.3, -0.25) is 0 Å². The number of fused-ring (bicyclic) bond motifs is 18. The van der Waals surface area contributed by atoms with Crippen LogP contribution in [-0.2, 0) is 28.5 Å². The predicted octanol–water partition coefficient (Wildman–Crippen LogP) is 17.9. The third-order valence-corrected chi connectivity index (χ3v) is 20.5. The average molecular weight is 1160 g/mol. The van der Waals surface area contributed by atoms with Crippen LogP contribution in [0.4, 0.5) is 45.5 Å². The Hall–Kier alpha value is -8.37. The van der Waals surface area contributed by atoms with Crippen molar-refractivity contribution in [2.45, 2.75) is 52.4 Å². The molecule has 6 heteroatoms. The van der Waals surface area contributed by atoms with Crippen LogP contribution in [0.5, 0.6) is 11.5 Å². The van der Waals surface area contributed by atoms with E-state index < -0.39 is 17.6 Å². The van der Waals surface area contributed by atoms with Gasteiger partial charge in [0, 0.05) is 0 Å². The normalized spacial score (nSPS) is 16.2. The molecule has 5 aliphatic heterocycles. The number of aryl methyl sites for hydroxylation is 2. The van der Waals surface area contributed by atoms with E-state index in [0.29, 0.717) is 0 Å². The number of ether oxygens (including phenoxy) is 1. The molecule has 10 aromatic rings. The van der Waals surface area contributed by atoms with Gasteiger partial charge in [0.2, 0.25) is 0 Å². The molecule has 76 heavy (non-hydrogen) atoms. The molecule has 0 radical (unpaired) electrons. The molecule has 0 aromatic heterocycles. The zero-order valence-corrected chi connectivity index (χ0v) is 45.3. The van der Waals surface area contributed by atoms with Gasteiger partial charge >= 0.3 is 454 Å². The summed E-state index contributed by atoms with van der Waals surface area (Å²) in [6.45, 7) is 14.2. The number of para-hydroxylation sites is 4. The molecule has 0 saturated carbocycles. The molecule has 5 heterocycles. The number of anilines is 8. The second-order valence-electron chi connectivity index (χ2n) is 22.7. The number of hydrogen-bond donors (Lipinski definition) is 0. The monoisotopic (exact) mass is 1160 g/mol. The number of benzene rings is 10. The van der Waals surface area contributed by atoms with E-state index in [2.05, 4.69) is 255 Å². The Labute approximate surface area is 451 Å². The first-order chi connectivity index (χ1) is 37.0. The van der Waals surface area contributed by atoms with Crippen molar-refractivity contribution in [3.8, 4) is 78.3 Å². The molecular weight excluding hydrogens is 1110 g/mol. The van der Waals surface area contributed by atoms with Crippen LogP contribution >= 0.6 is 0 Å². The van der Waals surface area contributed by atoms with Crippen molar-refractivity contribution in [1.82, 2.24) is 0 Å². The van der Waals surface area contributed by atoms with Gasteiger partial charge in [0.25, 0.3) is 0 Å². The van der Waals surface area contributed by atoms with Gasteiger partial charge in [-0.1, -0.05) is 0 Å². The molecule has 7 aliphatic rings. The third kappa shape index (κ3) is 5.58. The summed E-state index contributed by atoms with van der Waals surface area (Å²) in [5, 5.41) is 0. The van der Waals surface area contributed by atoms with Gasteiger partial charge in [0.05, 0.1) is 0 Å². The van der Waals surface area contributed by atoms with E-state index in [1.54, 1.807) is 0 Å². The van der Waals surface area contributed by atoms with E-state index in [1.165, 1.54) is 120 Å². The first-order valence-corrected chi connectivity index (χ1v) is 28.7. The Morgan fingerprint density at radius 1 is 0.329 bits per heavy atom. The van der Waals surface area contributed by atoms with Crippen LogP contribution in [0.15, 0.2) is 194 Å². The van der Waals surface area contributed by atoms with Crippen LogP contribution < -0.4 is 24.3 Å². The molecule has 0 fully saturated rings. The molecule has 0 unspecified atom stereocenters. The third-order valence-electron chi connectivity index (χ3n) is 17.5. The van der Waals surface area contributed by atoms with E-state index in [1.807, 2.05) is 0 Å². The molecule has 17 rings (SSSR count). The molecule has 366 valence electrons. The van der Waals surface area contributed by atoms with Crippen molar-refractivity contribution in [2.75, 3.05) is 19.6 Å². The van der Waals surface area contributed by atoms with Gasteiger partial charge in [-0.25, -0.2) is 0 Å². The van der Waals surface area contributed by atoms with Crippen molar-refractivity contribution in [3.05, 3.63) is 228 Å². The molecule has 0 saturated heterocycles. The summed E-state index contributed by atoms with van der Waals surface area (Å²) >= 11 is -1.20. The van der Waals surface area contributed by atoms with Gasteiger partial charge in [0.1, 0.15) is 0 Å². The van der Waals surface area contributed by atoms with Gasteiger partial charge < -0.3 is 0 Å². The van der Waals surface area contributed by atoms with Crippen LogP contribution in [0, 0.1) is 13.8 Å². The number of rotatable bonds is 0. The zero-order valence-electron chi connectivity index (χ0n) is 43.0. The second-order valence-corrected chi connectivity index (χ2v) is 25.3. The van der Waals surface area contributed by atoms with Crippen LogP contribution in [0.25, 0.3) is 66.8 Å². The van der Waals surface area contributed by atoms with E-state index in [-0.39, 0.29) is 10.8 Å². The van der Waals surface area contributed by atoms with Gasteiger partial charge in [-0.15, -0.1) is 0 Å². The molecule has 0 amide bonds. The van der Waals surface area contributed by atoms with Crippen molar-refractivity contribution >= 4 is 53.8 Å². The maximum absolute atomic E-state index is 6.94. The molecule has 5 nitrogen and oxygen atoms in total. The van der Waals surface area contributed by atoms with Crippen molar-refractivity contribution in [3.63, 3.8) is 0 Å². The summed E-state index contributed by atoms with van der Waals surface area (Å²) in [6.07, 6.45) is 0. The van der Waals surface area contributed by atoms with Gasteiger partial charge in [-0.05, 0) is 0 Å². The topological polar surface area (TPSA) is 22.2 Å². The van der Waals surface area contributed by atoms with E-state index in [9.17, 15) is 0 Å². The van der Waals surface area contributed by atoms with Crippen molar-refractivity contribution < 1.29 is 22.4 Å². The first kappa shape index (κ1) is 42.9. The fraction of sp³-hybridized carbons (Fsp3) is 0.114. The molecule has 10 aromatic carbocycles. The summed E-state index contributed by atoms with van der Waals surface area (Å²) < 4.78 is 9.40. The minimum atomic E-state index is -1.20. The van der Waals surface area contributed by atoms with Crippen LogP contribution in [0.1, 0.15) is 61.1 Å². The van der Waals surface area contributed by atoms with Gasteiger partial charge in [-0.2, -0.15) is 0 Å². The van der Waals surface area contributed by atoms with E-state index in [0.717, 1.165) is 45.6 Å². The summed E-state index contributed by atoms with van der Waals surface area (Å²) in [4.78, 5) is 10.5. The summed E-state index contributed by atoms with van der Waals surface area (Å²) in [7, 11) is 0. The molecule has 2 aliphatic carbocycles. The number of nitrogens with zero attached hydrogens (tertiary/aromatic N) is 4. The van der Waals surface area contributed by atoms with E-state index >= 15 is 0 Å². The number of hydrogen-bond acceptors (Lipinski definition) is 5. The molecule has 0 spiro atoms. The van der Waals surface area contributed by atoms with Gasteiger partial charge in [0.15, 0.2) is 0 Å². The Morgan fingerprint density at radius 2 is 0.658 bits per heavy atom. The fourth-order valence-corrected chi connectivity index (χ4v) is 17.6. The SMILES string of the molecule is Cc1cc2c3c(c1)-c1ccc4c(c1)-c1cc(ccc1C4(C)C)-c1cc(C)cc(c1N1[C]4=[Pt]=[C]5N(c6cccc(c6)Oc6cccc(c6)N4c4ccccc41)c1ccccc1N53)-c1ccc3c(c1)-c1cc-2ccc1C3(C)C. The standard InChI is InChI=1S/C70H50N4O.Pt/c1-41-29-51-43-21-25-59-55(33-43)57-35-45(23-27-61(57)69(59,3)4)53-31-42(2)32-54-46-24-28-62-58(36-46)56-34-44(22-26-60(56)70(62,5)6)52(30-41)67(51)73-39-71(63-17-7-9-19-65(63)73)47-13-11-15-49(37-47)75-50-16-12-14-48(38-50)72-40-74(68(53)54)66-20-10-8-18-64(66)72;/h7-38H,1-6H3;. The van der Waals surface area contributed by atoms with Crippen molar-refractivity contribution in [1.29, 1.82) is 0 Å². The Bertz CT molecular complexity index is 4010. The van der Waals surface area contributed by atoms with Crippen LogP contribution in [-0.4, -0.2) is 8.29 Å². The predicted molar refractivity (Wildman–Crippen MR) is 311 cm³/mol. The van der Waals surface area contributed by atoms with E-state index in [4.69, 9.17) is 4.74 Å². The first-order valence-electron chi connectivity index (χ1n) is 26.5. The second kappa shape index (κ2) is 14.7. The minimum absolute atomic E-state index is 0.197. The Morgan fingerprint density at radius 3 is 1.00 bits per heavy atom. The van der Waals surface area contributed by atoms with Crippen molar-refractivity contribution in [2.24, 2.45) is 0 Å². The Kier molecular flexibility index (Phi) is 8.31. The molecule has 0 atom stereocenters. The van der Waals surface area contributed by atoms with Crippen LogP contribution in [0.2, 0.25) is 0 Å². The Balaban J connectivity index is 1.16. The zero-order chi connectivity index (χ0) is 50.7. The summed E-state index contributed by atoms with van der Waals surface area (Å²) in [5.74, 6) is 1.59. The molecule has 16 bridgehead atoms. The summed E-state index contributed by atoms with van der Waals surface area (Å²) in [5.41, 5.74) is 31.5. The fourth-order valence-electron chi connectivity index (χ4n) is 14.0. The molecule has 0 N–H and O–H groups in total. The molecular formula is C70H50N4OPt. The quantitative estimate of drug-likeness (QED) is 0.150. The van der Waals surface area contributed by atoms with Crippen LogP contribution in [0.3, 0.4) is 0 Å². The maximum atomic E-state index is 6.94.